The zero-order chi connectivity index (χ0) is 14.5. The maximum Gasteiger partial charge on any atom is 0.137 e. The molecule has 0 bridgehead atoms. The fourth-order valence-electron chi connectivity index (χ4n) is 1.73. The number of likely N-dealkylation sites (N-methyl/N-ethyl adjacent to an activating group) is 2. The Bertz CT molecular complexity index is 377. The Morgan fingerprint density at radius 1 is 0.842 bits per heavy atom. The molecule has 1 rings (SSSR count). The Labute approximate surface area is 118 Å². The van der Waals surface area contributed by atoms with E-state index in [2.05, 4.69) is 54.3 Å². The summed E-state index contributed by atoms with van der Waals surface area (Å²) in [5.74, 6) is 0.970. The number of quaternary nitrogens is 2. The quantitative estimate of drug-likeness (QED) is 0.687. The van der Waals surface area contributed by atoms with Gasteiger partial charge in [0.25, 0.3) is 0 Å². The molecule has 0 saturated heterocycles. The molecule has 0 fully saturated rings. The van der Waals surface area contributed by atoms with Crippen molar-refractivity contribution in [3.63, 3.8) is 0 Å². The van der Waals surface area contributed by atoms with Crippen molar-refractivity contribution in [3.8, 4) is 5.75 Å². The fraction of sp³-hybridized carbons (Fsp3) is 0.625. The third-order valence-electron chi connectivity index (χ3n) is 3.36. The van der Waals surface area contributed by atoms with Gasteiger partial charge in [-0.25, -0.2) is 0 Å². The average molecular weight is 266 g/mol. The highest BCUT2D eigenvalue weighted by molar-refractivity contribution is 5.26. The van der Waals surface area contributed by atoms with Gasteiger partial charge in [-0.1, -0.05) is 17.7 Å². The van der Waals surface area contributed by atoms with Gasteiger partial charge in [-0.05, 0) is 19.1 Å². The Kier molecular flexibility index (Phi) is 5.39. The predicted molar refractivity (Wildman–Crippen MR) is 81.4 cm³/mol. The first-order valence-electron chi connectivity index (χ1n) is 7.00. The molecule has 0 aliphatic rings. The lowest BCUT2D eigenvalue weighted by Gasteiger charge is -2.33. The molecule has 19 heavy (non-hydrogen) atoms. The van der Waals surface area contributed by atoms with Gasteiger partial charge in [0.2, 0.25) is 0 Å². The lowest BCUT2D eigenvalue weighted by Crippen LogP contribution is -2.50. The highest BCUT2D eigenvalue weighted by Gasteiger charge is 2.19. The minimum absolute atomic E-state index is 0.771. The van der Waals surface area contributed by atoms with Gasteiger partial charge >= 0.3 is 0 Å². The minimum atomic E-state index is 0.771. The van der Waals surface area contributed by atoms with E-state index in [1.165, 1.54) is 18.7 Å². The molecule has 0 aliphatic carbocycles. The van der Waals surface area contributed by atoms with Crippen LogP contribution < -0.4 is 4.74 Å². The molecular weight excluding hydrogens is 236 g/mol. The highest BCUT2D eigenvalue weighted by Crippen LogP contribution is 2.11. The third-order valence-corrected chi connectivity index (χ3v) is 3.36. The van der Waals surface area contributed by atoms with Crippen LogP contribution in [-0.4, -0.2) is 70.4 Å². The fourth-order valence-corrected chi connectivity index (χ4v) is 1.73. The van der Waals surface area contributed by atoms with E-state index in [9.17, 15) is 0 Å². The number of rotatable bonds is 7. The van der Waals surface area contributed by atoms with Gasteiger partial charge in [0.15, 0.2) is 0 Å². The van der Waals surface area contributed by atoms with Gasteiger partial charge in [-0.2, -0.15) is 0 Å². The van der Waals surface area contributed by atoms with Gasteiger partial charge in [-0.15, -0.1) is 0 Å². The Morgan fingerprint density at radius 3 is 1.95 bits per heavy atom. The molecule has 0 aromatic heterocycles. The molecular formula is C16H30N2O+2. The molecule has 0 spiro atoms. The van der Waals surface area contributed by atoms with Crippen LogP contribution in [0.3, 0.4) is 0 Å². The normalized spacial score (nSPS) is 12.5. The SMILES string of the molecule is Cc1ccc(OCC[N+](C)(C)CC[N+](C)(C)C)cc1. The van der Waals surface area contributed by atoms with Crippen LogP contribution in [-0.2, 0) is 0 Å². The van der Waals surface area contributed by atoms with Crippen LogP contribution in [0.15, 0.2) is 24.3 Å². The molecule has 0 heterocycles. The summed E-state index contributed by atoms with van der Waals surface area (Å²) in [5.41, 5.74) is 1.27. The lowest BCUT2D eigenvalue weighted by atomic mass is 10.2. The Hall–Kier alpha value is -1.06. The lowest BCUT2D eigenvalue weighted by molar-refractivity contribution is -0.937. The summed E-state index contributed by atoms with van der Waals surface area (Å²) in [6.07, 6.45) is 0. The second kappa shape index (κ2) is 6.40. The second-order valence-electron chi connectivity index (χ2n) is 7.06. The molecule has 0 atom stereocenters. The molecule has 0 radical (unpaired) electrons. The average Bonchev–Trinajstić information content (AvgIpc) is 2.29. The number of hydrogen-bond donors (Lipinski definition) is 0. The molecule has 0 saturated carbocycles. The van der Waals surface area contributed by atoms with Gasteiger partial charge in [0.05, 0.1) is 35.2 Å². The van der Waals surface area contributed by atoms with Crippen molar-refractivity contribution in [2.45, 2.75) is 6.92 Å². The first kappa shape index (κ1) is 16.0. The van der Waals surface area contributed by atoms with Gasteiger partial charge in [0.1, 0.15) is 32.0 Å². The van der Waals surface area contributed by atoms with Crippen LogP contribution in [0.25, 0.3) is 0 Å². The first-order chi connectivity index (χ1) is 8.68. The van der Waals surface area contributed by atoms with Gasteiger partial charge < -0.3 is 13.7 Å². The molecule has 0 aliphatic heterocycles. The molecule has 1 aromatic carbocycles. The summed E-state index contributed by atoms with van der Waals surface area (Å²) >= 11 is 0. The van der Waals surface area contributed by atoms with Crippen molar-refractivity contribution in [2.75, 3.05) is 61.5 Å². The Morgan fingerprint density at radius 2 is 1.42 bits per heavy atom. The van der Waals surface area contributed by atoms with E-state index in [-0.39, 0.29) is 0 Å². The maximum atomic E-state index is 5.81. The molecule has 1 aromatic rings. The monoisotopic (exact) mass is 266 g/mol. The molecule has 3 heteroatoms. The largest absolute Gasteiger partial charge is 0.488 e. The zero-order valence-electron chi connectivity index (χ0n) is 13.4. The molecule has 0 amide bonds. The van der Waals surface area contributed by atoms with E-state index in [1.807, 2.05) is 12.1 Å². The predicted octanol–water partition coefficient (Wildman–Crippen LogP) is 2.16. The Balaban J connectivity index is 2.33. The van der Waals surface area contributed by atoms with Gasteiger partial charge in [0, 0.05) is 0 Å². The van der Waals surface area contributed by atoms with Crippen LogP contribution in [0.2, 0.25) is 0 Å². The summed E-state index contributed by atoms with van der Waals surface area (Å²) in [4.78, 5) is 0. The number of aryl methyl sites for hydroxylation is 1. The van der Waals surface area contributed by atoms with E-state index in [0.29, 0.717) is 0 Å². The number of nitrogens with zero attached hydrogens (tertiary/aromatic N) is 2. The molecule has 0 N–H and O–H groups in total. The van der Waals surface area contributed by atoms with E-state index >= 15 is 0 Å². The summed E-state index contributed by atoms with van der Waals surface area (Å²) in [6.45, 7) is 6.24. The molecule has 0 unspecified atom stereocenters. The third kappa shape index (κ3) is 7.19. The standard InChI is InChI=1S/C16H30N2O/c1-15-7-9-16(10-8-15)19-14-13-18(5,6)12-11-17(2,3)4/h7-10H,11-14H2,1-6H3/q+2. The second-order valence-corrected chi connectivity index (χ2v) is 7.06. The van der Waals surface area contributed by atoms with E-state index in [0.717, 1.165) is 27.9 Å². The maximum absolute atomic E-state index is 5.81. The summed E-state index contributed by atoms with van der Waals surface area (Å²) in [7, 11) is 11.3. The van der Waals surface area contributed by atoms with Crippen molar-refractivity contribution < 1.29 is 13.7 Å². The van der Waals surface area contributed by atoms with E-state index in [1.54, 1.807) is 0 Å². The van der Waals surface area contributed by atoms with Crippen LogP contribution in [0.1, 0.15) is 5.56 Å². The van der Waals surface area contributed by atoms with E-state index in [4.69, 9.17) is 4.74 Å². The summed E-state index contributed by atoms with van der Waals surface area (Å²) in [6, 6.07) is 8.27. The van der Waals surface area contributed by atoms with Crippen molar-refractivity contribution in [1.82, 2.24) is 0 Å². The zero-order valence-corrected chi connectivity index (χ0v) is 13.4. The topological polar surface area (TPSA) is 9.23 Å². The summed E-state index contributed by atoms with van der Waals surface area (Å²) in [5, 5.41) is 0. The van der Waals surface area contributed by atoms with Crippen molar-refractivity contribution in [3.05, 3.63) is 29.8 Å². The van der Waals surface area contributed by atoms with Crippen LogP contribution in [0, 0.1) is 6.92 Å². The number of ether oxygens (including phenoxy) is 1. The van der Waals surface area contributed by atoms with Crippen LogP contribution in [0.4, 0.5) is 0 Å². The first-order valence-corrected chi connectivity index (χ1v) is 7.00. The van der Waals surface area contributed by atoms with Crippen LogP contribution in [0.5, 0.6) is 5.75 Å². The molecule has 3 nitrogen and oxygen atoms in total. The summed E-state index contributed by atoms with van der Waals surface area (Å²) < 4.78 is 7.82. The number of benzene rings is 1. The minimum Gasteiger partial charge on any atom is -0.488 e. The van der Waals surface area contributed by atoms with Crippen LogP contribution >= 0.6 is 0 Å². The van der Waals surface area contributed by atoms with Gasteiger partial charge in [-0.3, -0.25) is 0 Å². The highest BCUT2D eigenvalue weighted by atomic mass is 16.5. The van der Waals surface area contributed by atoms with Crippen molar-refractivity contribution in [1.29, 1.82) is 0 Å². The van der Waals surface area contributed by atoms with Crippen molar-refractivity contribution in [2.24, 2.45) is 0 Å². The smallest absolute Gasteiger partial charge is 0.137 e. The van der Waals surface area contributed by atoms with E-state index < -0.39 is 0 Å². The number of hydrogen-bond acceptors (Lipinski definition) is 1. The molecule has 108 valence electrons. The van der Waals surface area contributed by atoms with Crippen molar-refractivity contribution >= 4 is 0 Å².